The third-order valence-corrected chi connectivity index (χ3v) is 2.47. The van der Waals surface area contributed by atoms with Crippen LogP contribution in [-0.4, -0.2) is 0 Å². The Balaban J connectivity index is 4.27. The zero-order valence-electron chi connectivity index (χ0n) is 7.55. The Kier molecular flexibility index (Phi) is 5.42. The molecule has 4 N–H and O–H groups in total. The third kappa shape index (κ3) is 3.68. The number of hydrogen-bond donors (Lipinski definition) is 2. The molecule has 0 saturated heterocycles. The van der Waals surface area contributed by atoms with Crippen LogP contribution in [0.15, 0.2) is 10.6 Å². The van der Waals surface area contributed by atoms with Gasteiger partial charge in [0.2, 0.25) is 0 Å². The van der Waals surface area contributed by atoms with E-state index in [1.54, 1.807) is 0 Å². The van der Waals surface area contributed by atoms with Gasteiger partial charge in [-0.05, 0) is 12.3 Å². The Hall–Kier alpha value is -0.150. The maximum absolute atomic E-state index is 5.82. The first-order chi connectivity index (χ1) is 5.13. The van der Waals surface area contributed by atoms with Gasteiger partial charge in [-0.2, -0.15) is 0 Å². The quantitative estimate of drug-likeness (QED) is 0.642. The fraction of sp³-hybridized carbons (Fsp3) is 0.750. The van der Waals surface area contributed by atoms with E-state index in [4.69, 9.17) is 10.9 Å². The molecule has 0 heterocycles. The van der Waals surface area contributed by atoms with Crippen LogP contribution in [0.1, 0.15) is 33.6 Å². The summed E-state index contributed by atoms with van der Waals surface area (Å²) >= 11 is 1.28. The van der Waals surface area contributed by atoms with E-state index < -0.39 is 0 Å². The topological polar surface area (TPSA) is 52.0 Å². The molecule has 0 atom stereocenters. The standard InChI is InChI=1S/C8H18N2S/c1-4-5-7(9)8(11-10)6(2)3/h6H,4-5,9-10H2,1-3H3/b8-7+. The van der Waals surface area contributed by atoms with E-state index in [0.29, 0.717) is 5.92 Å². The summed E-state index contributed by atoms with van der Waals surface area (Å²) in [7, 11) is 0. The number of allylic oxidation sites excluding steroid dienone is 2. The summed E-state index contributed by atoms with van der Waals surface area (Å²) in [4.78, 5) is 1.13. The summed E-state index contributed by atoms with van der Waals surface area (Å²) in [6, 6.07) is 0. The summed E-state index contributed by atoms with van der Waals surface area (Å²) in [5.74, 6) is 0.455. The Labute approximate surface area is 73.5 Å². The van der Waals surface area contributed by atoms with Crippen LogP contribution < -0.4 is 10.9 Å². The second kappa shape index (κ2) is 5.49. The zero-order valence-corrected chi connectivity index (χ0v) is 8.37. The second-order valence-corrected chi connectivity index (χ2v) is 3.59. The summed E-state index contributed by atoms with van der Waals surface area (Å²) in [6.45, 7) is 6.33. The molecule has 0 amide bonds. The lowest BCUT2D eigenvalue weighted by atomic mass is 10.1. The first kappa shape index (κ1) is 10.8. The van der Waals surface area contributed by atoms with E-state index in [1.807, 2.05) is 0 Å². The molecule has 0 spiro atoms. The Morgan fingerprint density at radius 1 is 1.45 bits per heavy atom. The molecule has 0 radical (unpaired) electrons. The molecule has 11 heavy (non-hydrogen) atoms. The van der Waals surface area contributed by atoms with E-state index in [1.165, 1.54) is 11.9 Å². The van der Waals surface area contributed by atoms with E-state index in [2.05, 4.69) is 20.8 Å². The second-order valence-electron chi connectivity index (χ2n) is 2.91. The van der Waals surface area contributed by atoms with Crippen molar-refractivity contribution < 1.29 is 0 Å². The maximum Gasteiger partial charge on any atom is 0.0214 e. The predicted molar refractivity (Wildman–Crippen MR) is 52.7 cm³/mol. The highest BCUT2D eigenvalue weighted by Crippen LogP contribution is 2.22. The van der Waals surface area contributed by atoms with Crippen LogP contribution in [0.5, 0.6) is 0 Å². The maximum atomic E-state index is 5.82. The monoisotopic (exact) mass is 174 g/mol. The van der Waals surface area contributed by atoms with Crippen LogP contribution in [0.25, 0.3) is 0 Å². The van der Waals surface area contributed by atoms with Crippen molar-refractivity contribution in [1.82, 2.24) is 0 Å². The average Bonchev–Trinajstić information content (AvgIpc) is 1.88. The van der Waals surface area contributed by atoms with Gasteiger partial charge in [-0.1, -0.05) is 39.1 Å². The molecule has 0 aliphatic rings. The van der Waals surface area contributed by atoms with Crippen molar-refractivity contribution in [3.8, 4) is 0 Å². The van der Waals surface area contributed by atoms with Gasteiger partial charge in [0.1, 0.15) is 0 Å². The molecule has 0 aliphatic heterocycles. The molecular formula is C8H18N2S. The lowest BCUT2D eigenvalue weighted by Crippen LogP contribution is -2.06. The van der Waals surface area contributed by atoms with Gasteiger partial charge >= 0.3 is 0 Å². The normalized spacial score (nSPS) is 13.5. The highest BCUT2D eigenvalue weighted by Gasteiger charge is 2.06. The average molecular weight is 174 g/mol. The van der Waals surface area contributed by atoms with Crippen LogP contribution in [0.4, 0.5) is 0 Å². The van der Waals surface area contributed by atoms with E-state index >= 15 is 0 Å². The van der Waals surface area contributed by atoms with Gasteiger partial charge in [0.15, 0.2) is 0 Å². The SMILES string of the molecule is CCC/C(N)=C(\SN)C(C)C. The smallest absolute Gasteiger partial charge is 0.0214 e. The highest BCUT2D eigenvalue weighted by molar-refractivity contribution is 8.00. The molecule has 0 aromatic rings. The lowest BCUT2D eigenvalue weighted by Gasteiger charge is -2.11. The van der Waals surface area contributed by atoms with Gasteiger partial charge < -0.3 is 5.73 Å². The van der Waals surface area contributed by atoms with Gasteiger partial charge in [-0.3, -0.25) is 5.14 Å². The highest BCUT2D eigenvalue weighted by atomic mass is 32.2. The number of nitrogens with two attached hydrogens (primary N) is 2. The van der Waals surface area contributed by atoms with Gasteiger partial charge in [0.25, 0.3) is 0 Å². The Morgan fingerprint density at radius 2 is 2.00 bits per heavy atom. The van der Waals surface area contributed by atoms with Crippen LogP contribution in [-0.2, 0) is 0 Å². The van der Waals surface area contributed by atoms with Crippen molar-refractivity contribution in [2.24, 2.45) is 16.8 Å². The van der Waals surface area contributed by atoms with E-state index in [0.717, 1.165) is 23.4 Å². The zero-order chi connectivity index (χ0) is 8.85. The Bertz CT molecular complexity index is 141. The van der Waals surface area contributed by atoms with Crippen molar-refractivity contribution in [3.63, 3.8) is 0 Å². The molecule has 0 saturated carbocycles. The predicted octanol–water partition coefficient (Wildman–Crippen LogP) is 2.22. The molecular weight excluding hydrogens is 156 g/mol. The molecule has 0 aromatic carbocycles. The minimum absolute atomic E-state index is 0.455. The molecule has 2 nitrogen and oxygen atoms in total. The fourth-order valence-electron chi connectivity index (χ4n) is 0.975. The van der Waals surface area contributed by atoms with Crippen LogP contribution >= 0.6 is 11.9 Å². The lowest BCUT2D eigenvalue weighted by molar-refractivity contribution is 0.778. The fourth-order valence-corrected chi connectivity index (χ4v) is 1.50. The van der Waals surface area contributed by atoms with Gasteiger partial charge in [-0.25, -0.2) is 0 Å². The minimum Gasteiger partial charge on any atom is -0.401 e. The largest absolute Gasteiger partial charge is 0.401 e. The first-order valence-corrected chi connectivity index (χ1v) is 4.86. The number of rotatable bonds is 4. The van der Waals surface area contributed by atoms with Gasteiger partial charge in [0, 0.05) is 10.6 Å². The van der Waals surface area contributed by atoms with E-state index in [-0.39, 0.29) is 0 Å². The first-order valence-electron chi connectivity index (χ1n) is 3.98. The van der Waals surface area contributed by atoms with Crippen LogP contribution in [0.2, 0.25) is 0 Å². The summed E-state index contributed by atoms with van der Waals surface area (Å²) in [5.41, 5.74) is 6.77. The van der Waals surface area contributed by atoms with Crippen LogP contribution in [0.3, 0.4) is 0 Å². The number of hydrogen-bond acceptors (Lipinski definition) is 3. The Morgan fingerprint density at radius 3 is 2.27 bits per heavy atom. The molecule has 0 fully saturated rings. The van der Waals surface area contributed by atoms with Crippen molar-refractivity contribution in [2.45, 2.75) is 33.6 Å². The van der Waals surface area contributed by atoms with Crippen LogP contribution in [0, 0.1) is 5.92 Å². The summed E-state index contributed by atoms with van der Waals surface area (Å²) in [6.07, 6.45) is 2.04. The third-order valence-electron chi connectivity index (χ3n) is 1.49. The van der Waals surface area contributed by atoms with Crippen molar-refractivity contribution in [3.05, 3.63) is 10.6 Å². The van der Waals surface area contributed by atoms with Crippen molar-refractivity contribution in [2.75, 3.05) is 0 Å². The molecule has 0 rings (SSSR count). The molecule has 0 aliphatic carbocycles. The summed E-state index contributed by atoms with van der Waals surface area (Å²) < 4.78 is 0. The van der Waals surface area contributed by atoms with E-state index in [9.17, 15) is 0 Å². The molecule has 0 bridgehead atoms. The molecule has 3 heteroatoms. The summed E-state index contributed by atoms with van der Waals surface area (Å²) in [5, 5.41) is 5.48. The molecule has 0 unspecified atom stereocenters. The van der Waals surface area contributed by atoms with Crippen molar-refractivity contribution in [1.29, 1.82) is 0 Å². The molecule has 66 valence electrons. The van der Waals surface area contributed by atoms with Crippen molar-refractivity contribution >= 4 is 11.9 Å². The van der Waals surface area contributed by atoms with Gasteiger partial charge in [0.05, 0.1) is 0 Å². The molecule has 0 aromatic heterocycles. The minimum atomic E-state index is 0.455. The van der Waals surface area contributed by atoms with Gasteiger partial charge in [-0.15, -0.1) is 0 Å².